The molecule has 4 amide bonds. The van der Waals surface area contributed by atoms with Crippen molar-refractivity contribution in [2.75, 3.05) is 0 Å². The number of nitrogens with one attached hydrogen (secondary N) is 4. The van der Waals surface area contributed by atoms with Crippen LogP contribution in [0.1, 0.15) is 36.0 Å². The number of carbonyl (C=O) groups is 4. The van der Waals surface area contributed by atoms with Crippen molar-refractivity contribution in [2.45, 2.75) is 62.7 Å². The lowest BCUT2D eigenvalue weighted by Crippen LogP contribution is -2.56. The number of primary amides is 1. The molecule has 0 spiro atoms. The number of rotatable bonds is 13. The van der Waals surface area contributed by atoms with Crippen LogP contribution in [0.25, 0.3) is 10.9 Å². The second-order valence-corrected chi connectivity index (χ2v) is 11.9. The highest BCUT2D eigenvalue weighted by molar-refractivity contribution is 5.93. The first-order valence-electron chi connectivity index (χ1n) is 15.5. The second-order valence-electron chi connectivity index (χ2n) is 11.9. The third-order valence-electron chi connectivity index (χ3n) is 8.58. The van der Waals surface area contributed by atoms with E-state index in [1.54, 1.807) is 18.3 Å². The number of carbonyl (C=O) groups excluding carboxylic acids is 4. The van der Waals surface area contributed by atoms with Gasteiger partial charge in [0.1, 0.15) is 17.8 Å². The Bertz CT molecular complexity index is 1670. The van der Waals surface area contributed by atoms with Gasteiger partial charge in [0.25, 0.3) is 0 Å². The number of aromatic hydroxyl groups is 1. The van der Waals surface area contributed by atoms with Crippen LogP contribution >= 0.6 is 0 Å². The Labute approximate surface area is 267 Å². The van der Waals surface area contributed by atoms with Crippen LogP contribution in [0.5, 0.6) is 5.75 Å². The minimum absolute atomic E-state index is 0.125. The van der Waals surface area contributed by atoms with Gasteiger partial charge in [-0.1, -0.05) is 67.1 Å². The van der Waals surface area contributed by atoms with Crippen LogP contribution in [0, 0.1) is 5.92 Å². The standard InChI is InChI=1S/C35H40N6O5/c36-27(17-22-13-15-24(42)16-14-22)34(45)39-29-12-6-10-26(29)33(44)41-31(19-23-20-38-28-11-5-4-9-25(23)28)35(46)40-30(32(37)43)18-21-7-2-1-3-8-21/h1-5,7-9,11,13-16,20,26-27,29-31,38,42H,6,10,12,17-19,36H2,(H2,37,43)(H,39,45)(H,40,46)(H,41,44)/t26-,27+,29-,30+,31+/m1/s1. The van der Waals surface area contributed by atoms with Crippen molar-refractivity contribution in [2.24, 2.45) is 17.4 Å². The molecule has 11 heteroatoms. The number of aromatic nitrogens is 1. The molecule has 5 rings (SSSR count). The number of hydrogen-bond donors (Lipinski definition) is 7. The fourth-order valence-electron chi connectivity index (χ4n) is 6.07. The normalized spacial score (nSPS) is 17.9. The van der Waals surface area contributed by atoms with E-state index < -0.39 is 41.9 Å². The van der Waals surface area contributed by atoms with E-state index in [0.29, 0.717) is 12.8 Å². The first-order valence-corrected chi connectivity index (χ1v) is 15.5. The van der Waals surface area contributed by atoms with Gasteiger partial charge in [0.2, 0.25) is 23.6 Å². The monoisotopic (exact) mass is 624 g/mol. The Kier molecular flexibility index (Phi) is 10.3. The molecule has 5 atom stereocenters. The van der Waals surface area contributed by atoms with E-state index in [-0.39, 0.29) is 36.8 Å². The highest BCUT2D eigenvalue weighted by Crippen LogP contribution is 2.27. The quantitative estimate of drug-likeness (QED) is 0.119. The molecule has 0 saturated heterocycles. The smallest absolute Gasteiger partial charge is 0.243 e. The molecule has 240 valence electrons. The van der Waals surface area contributed by atoms with Crippen molar-refractivity contribution < 1.29 is 24.3 Å². The molecule has 11 nitrogen and oxygen atoms in total. The van der Waals surface area contributed by atoms with Gasteiger partial charge in [-0.15, -0.1) is 0 Å². The number of nitrogens with two attached hydrogens (primary N) is 2. The Morgan fingerprint density at radius 2 is 1.50 bits per heavy atom. The molecule has 46 heavy (non-hydrogen) atoms. The van der Waals surface area contributed by atoms with E-state index in [0.717, 1.165) is 34.0 Å². The van der Waals surface area contributed by atoms with Crippen molar-refractivity contribution in [3.8, 4) is 5.75 Å². The third-order valence-corrected chi connectivity index (χ3v) is 8.58. The van der Waals surface area contributed by atoms with E-state index in [9.17, 15) is 24.3 Å². The number of amides is 4. The lowest BCUT2D eigenvalue weighted by Gasteiger charge is -2.26. The van der Waals surface area contributed by atoms with Gasteiger partial charge in [-0.3, -0.25) is 19.2 Å². The summed E-state index contributed by atoms with van der Waals surface area (Å²) in [4.78, 5) is 56.1. The second kappa shape index (κ2) is 14.7. The maximum absolute atomic E-state index is 13.8. The van der Waals surface area contributed by atoms with Gasteiger partial charge in [0.05, 0.1) is 12.0 Å². The summed E-state index contributed by atoms with van der Waals surface area (Å²) in [5.41, 5.74) is 15.2. The summed E-state index contributed by atoms with van der Waals surface area (Å²) in [5, 5.41) is 19.1. The van der Waals surface area contributed by atoms with Crippen LogP contribution in [0.15, 0.2) is 85.1 Å². The molecule has 0 unspecified atom stereocenters. The number of phenolic OH excluding ortho intramolecular Hbond substituents is 1. The average Bonchev–Trinajstić information content (AvgIpc) is 3.69. The van der Waals surface area contributed by atoms with E-state index in [2.05, 4.69) is 20.9 Å². The Morgan fingerprint density at radius 1 is 0.804 bits per heavy atom. The number of hydrogen-bond acceptors (Lipinski definition) is 6. The third kappa shape index (κ3) is 8.10. The van der Waals surface area contributed by atoms with E-state index in [1.165, 1.54) is 12.1 Å². The van der Waals surface area contributed by atoms with E-state index >= 15 is 0 Å². The molecule has 1 heterocycles. The first-order chi connectivity index (χ1) is 22.2. The van der Waals surface area contributed by atoms with Crippen molar-refractivity contribution in [1.82, 2.24) is 20.9 Å². The molecule has 1 aliphatic carbocycles. The lowest BCUT2D eigenvalue weighted by molar-refractivity contribution is -0.133. The van der Waals surface area contributed by atoms with Crippen LogP contribution in [0.4, 0.5) is 0 Å². The molecule has 4 aromatic rings. The summed E-state index contributed by atoms with van der Waals surface area (Å²) >= 11 is 0. The summed E-state index contributed by atoms with van der Waals surface area (Å²) in [6, 6.07) is 20.1. The minimum atomic E-state index is -1.02. The Balaban J connectivity index is 1.29. The van der Waals surface area contributed by atoms with Gasteiger partial charge in [-0.2, -0.15) is 0 Å². The largest absolute Gasteiger partial charge is 0.508 e. The number of H-pyrrole nitrogens is 1. The fourth-order valence-corrected chi connectivity index (χ4v) is 6.07. The number of aromatic amines is 1. The predicted octanol–water partition coefficient (Wildman–Crippen LogP) is 1.97. The summed E-state index contributed by atoms with van der Waals surface area (Å²) in [6.45, 7) is 0. The fraction of sp³-hybridized carbons (Fsp3) is 0.314. The van der Waals surface area contributed by atoms with Gasteiger partial charge in [-0.05, 0) is 54.2 Å². The maximum atomic E-state index is 13.8. The van der Waals surface area contributed by atoms with Crippen LogP contribution in [-0.4, -0.2) is 57.9 Å². The van der Waals surface area contributed by atoms with Crippen LogP contribution in [0.2, 0.25) is 0 Å². The molecule has 0 radical (unpaired) electrons. The maximum Gasteiger partial charge on any atom is 0.243 e. The highest BCUT2D eigenvalue weighted by Gasteiger charge is 2.37. The zero-order valence-electron chi connectivity index (χ0n) is 25.4. The van der Waals surface area contributed by atoms with Crippen LogP contribution < -0.4 is 27.4 Å². The highest BCUT2D eigenvalue weighted by atomic mass is 16.3. The van der Waals surface area contributed by atoms with Gasteiger partial charge < -0.3 is 37.5 Å². The average molecular weight is 625 g/mol. The van der Waals surface area contributed by atoms with Crippen molar-refractivity contribution >= 4 is 34.5 Å². The first kappa shape index (κ1) is 32.2. The van der Waals surface area contributed by atoms with Gasteiger partial charge in [0.15, 0.2) is 0 Å². The molecule has 0 aliphatic heterocycles. The number of para-hydroxylation sites is 1. The minimum Gasteiger partial charge on any atom is -0.508 e. The van der Waals surface area contributed by atoms with Gasteiger partial charge in [-0.25, -0.2) is 0 Å². The van der Waals surface area contributed by atoms with Crippen molar-refractivity contribution in [1.29, 1.82) is 0 Å². The molecule has 1 aromatic heterocycles. The molecule has 3 aromatic carbocycles. The Morgan fingerprint density at radius 3 is 2.24 bits per heavy atom. The molecule has 1 aliphatic rings. The van der Waals surface area contributed by atoms with E-state index in [4.69, 9.17) is 11.5 Å². The topological polar surface area (TPSA) is 192 Å². The summed E-state index contributed by atoms with van der Waals surface area (Å²) in [7, 11) is 0. The Hall–Kier alpha value is -5.16. The molecule has 1 saturated carbocycles. The number of fused-ring (bicyclic) bond motifs is 1. The SMILES string of the molecule is NC(=O)[C@H](Cc1ccccc1)NC(=O)[C@H](Cc1c[nH]c2ccccc12)NC(=O)[C@@H]1CCC[C@H]1NC(=O)[C@@H](N)Cc1ccc(O)cc1. The zero-order chi connectivity index (χ0) is 32.6. The number of benzene rings is 3. The lowest BCUT2D eigenvalue weighted by atomic mass is 9.98. The number of phenols is 1. The molecule has 9 N–H and O–H groups in total. The molecular weight excluding hydrogens is 584 g/mol. The van der Waals surface area contributed by atoms with E-state index in [1.807, 2.05) is 54.6 Å². The summed E-state index contributed by atoms with van der Waals surface area (Å²) in [5.74, 6) is -2.41. The summed E-state index contributed by atoms with van der Waals surface area (Å²) in [6.07, 6.45) is 4.29. The van der Waals surface area contributed by atoms with Gasteiger partial charge in [0, 0.05) is 36.0 Å². The molecule has 0 bridgehead atoms. The van der Waals surface area contributed by atoms with Crippen LogP contribution in [0.3, 0.4) is 0 Å². The van der Waals surface area contributed by atoms with Crippen molar-refractivity contribution in [3.63, 3.8) is 0 Å². The van der Waals surface area contributed by atoms with Crippen molar-refractivity contribution in [3.05, 3.63) is 102 Å². The zero-order valence-corrected chi connectivity index (χ0v) is 25.4. The van der Waals surface area contributed by atoms with Crippen LogP contribution in [-0.2, 0) is 38.4 Å². The predicted molar refractivity (Wildman–Crippen MR) is 174 cm³/mol. The molecular formula is C35H40N6O5. The van der Waals surface area contributed by atoms with Gasteiger partial charge >= 0.3 is 0 Å². The summed E-state index contributed by atoms with van der Waals surface area (Å²) < 4.78 is 0. The molecule has 1 fully saturated rings.